The minimum absolute atomic E-state index is 0.308. The third-order valence-electron chi connectivity index (χ3n) is 3.39. The van der Waals surface area contributed by atoms with Gasteiger partial charge in [0.1, 0.15) is 0 Å². The third kappa shape index (κ3) is 2.99. The molecule has 1 heterocycles. The summed E-state index contributed by atoms with van der Waals surface area (Å²) in [4.78, 5) is 2.47. The number of hydrogen-bond donors (Lipinski definition) is 1. The van der Waals surface area contributed by atoms with Crippen molar-refractivity contribution in [2.45, 2.75) is 39.0 Å². The summed E-state index contributed by atoms with van der Waals surface area (Å²) in [5, 5.41) is 0. The van der Waals surface area contributed by atoms with Crippen LogP contribution in [0.4, 0.5) is 5.69 Å². The molecule has 0 aliphatic carbocycles. The van der Waals surface area contributed by atoms with Gasteiger partial charge in [-0.15, -0.1) is 0 Å². The van der Waals surface area contributed by atoms with Crippen LogP contribution in [0.15, 0.2) is 24.3 Å². The van der Waals surface area contributed by atoms with Gasteiger partial charge in [0.2, 0.25) is 0 Å². The molecule has 1 aliphatic heterocycles. The minimum Gasteiger partial charge on any atom is -0.399 e. The highest BCUT2D eigenvalue weighted by atomic mass is 16.5. The van der Waals surface area contributed by atoms with Gasteiger partial charge in [-0.05, 0) is 38.5 Å². The highest BCUT2D eigenvalue weighted by Crippen LogP contribution is 2.25. The van der Waals surface area contributed by atoms with Crippen LogP contribution in [-0.4, -0.2) is 30.2 Å². The fraction of sp³-hybridized carbons (Fsp3) is 0.571. The molecule has 2 rings (SSSR count). The summed E-state index contributed by atoms with van der Waals surface area (Å²) in [6, 6.07) is 8.56. The number of hydrogen-bond acceptors (Lipinski definition) is 3. The summed E-state index contributed by atoms with van der Waals surface area (Å²) in [6.07, 6.45) is 0.615. The molecule has 3 heteroatoms. The summed E-state index contributed by atoms with van der Waals surface area (Å²) in [6.45, 7) is 8.48. The Bertz CT molecular complexity index is 370. The molecular formula is C14H22N2O. The second kappa shape index (κ2) is 5.07. The zero-order valence-electron chi connectivity index (χ0n) is 10.9. The van der Waals surface area contributed by atoms with E-state index in [1.165, 1.54) is 5.56 Å². The van der Waals surface area contributed by atoms with E-state index in [-0.39, 0.29) is 0 Å². The first-order valence-corrected chi connectivity index (χ1v) is 6.31. The zero-order valence-corrected chi connectivity index (χ0v) is 10.9. The lowest BCUT2D eigenvalue weighted by Gasteiger charge is -2.39. The normalized spacial score (nSPS) is 27.9. The lowest BCUT2D eigenvalue weighted by Crippen LogP contribution is -2.46. The Balaban J connectivity index is 2.11. The van der Waals surface area contributed by atoms with Gasteiger partial charge >= 0.3 is 0 Å². The van der Waals surface area contributed by atoms with Crippen LogP contribution in [-0.2, 0) is 4.74 Å². The summed E-state index contributed by atoms with van der Waals surface area (Å²) < 4.78 is 5.76. The molecule has 0 saturated carbocycles. The highest BCUT2D eigenvalue weighted by Gasteiger charge is 2.26. The van der Waals surface area contributed by atoms with Crippen molar-refractivity contribution < 1.29 is 4.74 Å². The number of ether oxygens (including phenoxy) is 1. The van der Waals surface area contributed by atoms with Gasteiger partial charge in [0.25, 0.3) is 0 Å². The summed E-state index contributed by atoms with van der Waals surface area (Å²) in [5.41, 5.74) is 7.96. The number of rotatable bonds is 2. The van der Waals surface area contributed by atoms with Gasteiger partial charge in [-0.1, -0.05) is 12.1 Å². The second-order valence-corrected chi connectivity index (χ2v) is 5.06. The van der Waals surface area contributed by atoms with Crippen LogP contribution in [0.5, 0.6) is 0 Å². The number of nitrogens with two attached hydrogens (primary N) is 1. The van der Waals surface area contributed by atoms with Gasteiger partial charge in [-0.3, -0.25) is 4.90 Å². The maximum absolute atomic E-state index is 5.84. The molecule has 2 N–H and O–H groups in total. The summed E-state index contributed by atoms with van der Waals surface area (Å²) in [5.74, 6) is 0. The number of anilines is 1. The van der Waals surface area contributed by atoms with Crippen molar-refractivity contribution in [3.05, 3.63) is 29.8 Å². The zero-order chi connectivity index (χ0) is 12.4. The van der Waals surface area contributed by atoms with Gasteiger partial charge in [0, 0.05) is 24.8 Å². The lowest BCUT2D eigenvalue weighted by molar-refractivity contribution is -0.0789. The second-order valence-electron chi connectivity index (χ2n) is 5.06. The summed E-state index contributed by atoms with van der Waals surface area (Å²) in [7, 11) is 0. The van der Waals surface area contributed by atoms with Gasteiger partial charge < -0.3 is 10.5 Å². The molecule has 0 bridgehead atoms. The highest BCUT2D eigenvalue weighted by molar-refractivity contribution is 5.41. The van der Waals surface area contributed by atoms with Crippen LogP contribution in [0.25, 0.3) is 0 Å². The molecule has 0 spiro atoms. The molecule has 1 fully saturated rings. The fourth-order valence-corrected chi connectivity index (χ4v) is 2.56. The number of morpholine rings is 1. The van der Waals surface area contributed by atoms with E-state index in [1.807, 2.05) is 12.1 Å². The fourth-order valence-electron chi connectivity index (χ4n) is 2.56. The number of benzene rings is 1. The van der Waals surface area contributed by atoms with Crippen LogP contribution < -0.4 is 5.73 Å². The number of nitrogens with zero attached hydrogens (tertiary/aromatic N) is 1. The third-order valence-corrected chi connectivity index (χ3v) is 3.39. The van der Waals surface area contributed by atoms with Crippen molar-refractivity contribution in [3.63, 3.8) is 0 Å². The Kier molecular flexibility index (Phi) is 3.69. The van der Waals surface area contributed by atoms with Crippen LogP contribution in [0.2, 0.25) is 0 Å². The van der Waals surface area contributed by atoms with Crippen molar-refractivity contribution in [2.24, 2.45) is 0 Å². The van der Waals surface area contributed by atoms with Crippen LogP contribution in [0, 0.1) is 0 Å². The van der Waals surface area contributed by atoms with E-state index >= 15 is 0 Å². The monoisotopic (exact) mass is 234 g/mol. The minimum atomic E-state index is 0.308. The van der Waals surface area contributed by atoms with Crippen LogP contribution in [0.1, 0.15) is 32.4 Å². The molecule has 94 valence electrons. The SMILES string of the molecule is CC(c1cccc(N)c1)N1C[C@@H](C)O[C@@H](C)C1. The Morgan fingerprint density at radius 3 is 2.53 bits per heavy atom. The van der Waals surface area contributed by atoms with Gasteiger partial charge in [-0.2, -0.15) is 0 Å². The average Bonchev–Trinajstić information content (AvgIpc) is 2.26. The Morgan fingerprint density at radius 2 is 1.94 bits per heavy atom. The quantitative estimate of drug-likeness (QED) is 0.799. The van der Waals surface area contributed by atoms with E-state index in [0.717, 1.165) is 18.8 Å². The largest absolute Gasteiger partial charge is 0.399 e. The Hall–Kier alpha value is -1.06. The van der Waals surface area contributed by atoms with E-state index < -0.39 is 0 Å². The Morgan fingerprint density at radius 1 is 1.29 bits per heavy atom. The predicted octanol–water partition coefficient (Wildman–Crippen LogP) is 2.44. The summed E-state index contributed by atoms with van der Waals surface area (Å²) >= 11 is 0. The molecule has 3 nitrogen and oxygen atoms in total. The smallest absolute Gasteiger partial charge is 0.0678 e. The topological polar surface area (TPSA) is 38.5 Å². The Labute approximate surface area is 104 Å². The van der Waals surface area contributed by atoms with Crippen molar-refractivity contribution >= 4 is 5.69 Å². The van der Waals surface area contributed by atoms with E-state index in [4.69, 9.17) is 10.5 Å². The molecule has 1 saturated heterocycles. The molecule has 1 aromatic rings. The van der Waals surface area contributed by atoms with Crippen molar-refractivity contribution in [1.29, 1.82) is 0 Å². The molecule has 0 aromatic heterocycles. The average molecular weight is 234 g/mol. The van der Waals surface area contributed by atoms with E-state index in [1.54, 1.807) is 0 Å². The van der Waals surface area contributed by atoms with Gasteiger partial charge in [0.15, 0.2) is 0 Å². The van der Waals surface area contributed by atoms with E-state index in [9.17, 15) is 0 Å². The molecule has 1 aliphatic rings. The molecular weight excluding hydrogens is 212 g/mol. The standard InChI is InChI=1S/C14H22N2O/c1-10-8-16(9-11(2)17-10)12(3)13-5-4-6-14(15)7-13/h4-7,10-12H,8-9,15H2,1-3H3/t10-,11+,12?. The lowest BCUT2D eigenvalue weighted by atomic mass is 10.0. The van der Waals surface area contributed by atoms with Crippen LogP contribution in [0.3, 0.4) is 0 Å². The first kappa shape index (κ1) is 12.4. The number of nitrogen functional groups attached to an aromatic ring is 1. The molecule has 1 unspecified atom stereocenters. The molecule has 3 atom stereocenters. The van der Waals surface area contributed by atoms with Crippen LogP contribution >= 0.6 is 0 Å². The van der Waals surface area contributed by atoms with E-state index in [2.05, 4.69) is 37.8 Å². The first-order chi connectivity index (χ1) is 8.06. The van der Waals surface area contributed by atoms with Crippen molar-refractivity contribution in [2.75, 3.05) is 18.8 Å². The van der Waals surface area contributed by atoms with Gasteiger partial charge in [0.05, 0.1) is 12.2 Å². The predicted molar refractivity (Wildman–Crippen MR) is 70.9 cm³/mol. The molecule has 0 radical (unpaired) electrons. The molecule has 1 aromatic carbocycles. The first-order valence-electron chi connectivity index (χ1n) is 6.31. The maximum atomic E-state index is 5.84. The maximum Gasteiger partial charge on any atom is 0.0678 e. The van der Waals surface area contributed by atoms with Gasteiger partial charge in [-0.25, -0.2) is 0 Å². The van der Waals surface area contributed by atoms with Crippen molar-refractivity contribution in [1.82, 2.24) is 4.90 Å². The van der Waals surface area contributed by atoms with Crippen molar-refractivity contribution in [3.8, 4) is 0 Å². The molecule has 17 heavy (non-hydrogen) atoms. The molecule has 0 amide bonds. The van der Waals surface area contributed by atoms with E-state index in [0.29, 0.717) is 18.2 Å².